The molecule has 0 amide bonds. The van der Waals surface area contributed by atoms with Crippen LogP contribution in [-0.4, -0.2) is 37.9 Å². The quantitative estimate of drug-likeness (QED) is 0.0346. The smallest absolute Gasteiger partial charge is 0.306 e. The van der Waals surface area contributed by atoms with E-state index in [1.165, 1.54) is 193 Å². The minimum atomic E-state index is -0.534. The summed E-state index contributed by atoms with van der Waals surface area (Å²) in [7, 11) is 0. The molecular formula is C57H106O5. The Morgan fingerprint density at radius 2 is 0.726 bits per heavy atom. The molecule has 1 atom stereocenters. The number of hydrogen-bond acceptors (Lipinski definition) is 5. The second-order valence-corrected chi connectivity index (χ2v) is 18.5. The number of carbonyl (C=O) groups is 2. The zero-order valence-corrected chi connectivity index (χ0v) is 41.9. The van der Waals surface area contributed by atoms with E-state index in [4.69, 9.17) is 14.2 Å². The molecule has 0 aromatic heterocycles. The molecule has 0 aromatic carbocycles. The van der Waals surface area contributed by atoms with Crippen LogP contribution in [0.4, 0.5) is 0 Å². The third-order valence-electron chi connectivity index (χ3n) is 12.2. The molecule has 0 N–H and O–H groups in total. The Morgan fingerprint density at radius 3 is 1.16 bits per heavy atom. The normalized spacial score (nSPS) is 12.4. The summed E-state index contributed by atoms with van der Waals surface area (Å²) >= 11 is 0. The molecule has 5 nitrogen and oxygen atoms in total. The van der Waals surface area contributed by atoms with Crippen molar-refractivity contribution in [2.75, 3.05) is 19.8 Å². The summed E-state index contributed by atoms with van der Waals surface area (Å²) in [5, 5.41) is 0. The van der Waals surface area contributed by atoms with Crippen molar-refractivity contribution in [3.63, 3.8) is 0 Å². The summed E-state index contributed by atoms with van der Waals surface area (Å²) in [5.41, 5.74) is 0. The molecule has 0 aliphatic heterocycles. The van der Waals surface area contributed by atoms with Crippen LogP contribution in [0.3, 0.4) is 0 Å². The first-order valence-corrected chi connectivity index (χ1v) is 27.5. The van der Waals surface area contributed by atoms with Gasteiger partial charge < -0.3 is 14.2 Å². The van der Waals surface area contributed by atoms with Crippen LogP contribution in [0, 0.1) is 0 Å². The number of hydrogen-bond donors (Lipinski definition) is 0. The zero-order chi connectivity index (χ0) is 44.9. The number of allylic oxidation sites excluding steroid dienone is 6. The minimum Gasteiger partial charge on any atom is -0.462 e. The third kappa shape index (κ3) is 50.8. The van der Waals surface area contributed by atoms with Crippen molar-refractivity contribution in [1.82, 2.24) is 0 Å². The monoisotopic (exact) mass is 871 g/mol. The predicted molar refractivity (Wildman–Crippen MR) is 270 cm³/mol. The zero-order valence-electron chi connectivity index (χ0n) is 41.9. The second kappa shape index (κ2) is 53.5. The van der Waals surface area contributed by atoms with Crippen LogP contribution in [0.1, 0.15) is 290 Å². The summed E-state index contributed by atoms with van der Waals surface area (Å²) in [6.45, 7) is 7.77. The highest BCUT2D eigenvalue weighted by atomic mass is 16.6. The van der Waals surface area contributed by atoms with Gasteiger partial charge in [-0.1, -0.05) is 263 Å². The molecule has 0 rings (SSSR count). The van der Waals surface area contributed by atoms with E-state index in [1.807, 2.05) is 0 Å². The SMILES string of the molecule is CC/C=C\C/C=C\C/C=C\CCCCCCCCCC(=O)OCC(COCCCCCCCCCCCCCCCCCC)OC(=O)CCCCCCCCCCCCCCC. The molecule has 0 saturated heterocycles. The Morgan fingerprint density at radius 1 is 0.371 bits per heavy atom. The van der Waals surface area contributed by atoms with Gasteiger partial charge in [-0.3, -0.25) is 9.59 Å². The fourth-order valence-electron chi connectivity index (χ4n) is 8.12. The van der Waals surface area contributed by atoms with Gasteiger partial charge in [0.1, 0.15) is 6.61 Å². The van der Waals surface area contributed by atoms with Gasteiger partial charge in [0, 0.05) is 19.4 Å². The van der Waals surface area contributed by atoms with Crippen LogP contribution >= 0.6 is 0 Å². The minimum absolute atomic E-state index is 0.0865. The highest BCUT2D eigenvalue weighted by molar-refractivity contribution is 5.70. The maximum absolute atomic E-state index is 12.8. The number of carbonyl (C=O) groups excluding carboxylic acids is 2. The fraction of sp³-hybridized carbons (Fsp3) is 0.860. The van der Waals surface area contributed by atoms with Crippen LogP contribution in [-0.2, 0) is 23.8 Å². The predicted octanol–water partition coefficient (Wildman–Crippen LogP) is 18.6. The van der Waals surface area contributed by atoms with Gasteiger partial charge >= 0.3 is 11.9 Å². The molecule has 0 aromatic rings. The molecule has 0 radical (unpaired) electrons. The Bertz CT molecular complexity index is 986. The largest absolute Gasteiger partial charge is 0.462 e. The molecule has 5 heteroatoms. The summed E-state index contributed by atoms with van der Waals surface area (Å²) in [6.07, 6.45) is 64.4. The van der Waals surface area contributed by atoms with E-state index in [2.05, 4.69) is 57.2 Å². The highest BCUT2D eigenvalue weighted by Crippen LogP contribution is 2.16. The van der Waals surface area contributed by atoms with Crippen LogP contribution in [0.25, 0.3) is 0 Å². The summed E-state index contributed by atoms with van der Waals surface area (Å²) in [6, 6.07) is 0. The average Bonchev–Trinajstić information content (AvgIpc) is 3.27. The molecule has 62 heavy (non-hydrogen) atoms. The van der Waals surface area contributed by atoms with Crippen LogP contribution in [0.15, 0.2) is 36.5 Å². The van der Waals surface area contributed by atoms with E-state index < -0.39 is 6.10 Å². The van der Waals surface area contributed by atoms with E-state index in [1.54, 1.807) is 0 Å². The summed E-state index contributed by atoms with van der Waals surface area (Å²) in [4.78, 5) is 25.4. The van der Waals surface area contributed by atoms with Crippen molar-refractivity contribution in [2.45, 2.75) is 297 Å². The highest BCUT2D eigenvalue weighted by Gasteiger charge is 2.17. The molecule has 364 valence electrons. The maximum Gasteiger partial charge on any atom is 0.306 e. The Labute approximate surface area is 387 Å². The fourth-order valence-corrected chi connectivity index (χ4v) is 8.12. The second-order valence-electron chi connectivity index (χ2n) is 18.5. The summed E-state index contributed by atoms with van der Waals surface area (Å²) < 4.78 is 17.5. The lowest BCUT2D eigenvalue weighted by atomic mass is 10.0. The van der Waals surface area contributed by atoms with Crippen molar-refractivity contribution >= 4 is 11.9 Å². The Balaban J connectivity index is 4.22. The summed E-state index contributed by atoms with van der Waals surface area (Å²) in [5.74, 6) is -0.390. The van der Waals surface area contributed by atoms with Crippen molar-refractivity contribution in [3.05, 3.63) is 36.5 Å². The molecule has 0 bridgehead atoms. The van der Waals surface area contributed by atoms with Crippen LogP contribution in [0.2, 0.25) is 0 Å². The van der Waals surface area contributed by atoms with Gasteiger partial charge in [0.05, 0.1) is 6.61 Å². The molecule has 1 unspecified atom stereocenters. The molecule has 0 fully saturated rings. The molecule has 0 aliphatic carbocycles. The molecule has 0 saturated carbocycles. The van der Waals surface area contributed by atoms with Gasteiger partial charge in [0.15, 0.2) is 6.10 Å². The lowest BCUT2D eigenvalue weighted by molar-refractivity contribution is -0.163. The Hall–Kier alpha value is -1.88. The van der Waals surface area contributed by atoms with E-state index in [0.717, 1.165) is 64.2 Å². The first kappa shape index (κ1) is 60.1. The van der Waals surface area contributed by atoms with E-state index >= 15 is 0 Å². The first-order valence-electron chi connectivity index (χ1n) is 27.5. The Kier molecular flexibility index (Phi) is 51.8. The number of rotatable bonds is 51. The topological polar surface area (TPSA) is 61.8 Å². The standard InChI is InChI=1S/C57H106O5/c1-4-7-10-13-16-19-22-25-27-29-30-33-35-38-41-44-47-50-56(58)61-54-55(62-57(59)51-48-45-42-39-36-32-24-21-18-15-12-9-6-3)53-60-52-49-46-43-40-37-34-31-28-26-23-20-17-14-11-8-5-2/h7,10,16,19,25,27,55H,4-6,8-9,11-15,17-18,20-24,26,28-54H2,1-3H3/b10-7-,19-16-,27-25-. The van der Waals surface area contributed by atoms with Gasteiger partial charge in [-0.25, -0.2) is 0 Å². The first-order chi connectivity index (χ1) is 30.6. The van der Waals surface area contributed by atoms with Gasteiger partial charge in [-0.2, -0.15) is 0 Å². The molecule has 0 heterocycles. The van der Waals surface area contributed by atoms with Crippen molar-refractivity contribution in [3.8, 4) is 0 Å². The van der Waals surface area contributed by atoms with Crippen molar-refractivity contribution in [1.29, 1.82) is 0 Å². The van der Waals surface area contributed by atoms with Crippen LogP contribution in [0.5, 0.6) is 0 Å². The van der Waals surface area contributed by atoms with Crippen molar-refractivity contribution in [2.24, 2.45) is 0 Å². The van der Waals surface area contributed by atoms with E-state index in [0.29, 0.717) is 26.1 Å². The van der Waals surface area contributed by atoms with E-state index in [-0.39, 0.29) is 18.5 Å². The number of unbranched alkanes of at least 4 members (excludes halogenated alkanes) is 34. The number of ether oxygens (including phenoxy) is 3. The lowest BCUT2D eigenvalue weighted by Gasteiger charge is -2.18. The van der Waals surface area contributed by atoms with E-state index in [9.17, 15) is 9.59 Å². The van der Waals surface area contributed by atoms with Gasteiger partial charge in [0.25, 0.3) is 0 Å². The van der Waals surface area contributed by atoms with Gasteiger partial charge in [0.2, 0.25) is 0 Å². The average molecular weight is 871 g/mol. The molecule has 0 aliphatic rings. The van der Waals surface area contributed by atoms with Gasteiger partial charge in [-0.05, 0) is 51.4 Å². The maximum atomic E-state index is 12.8. The number of esters is 2. The molecular weight excluding hydrogens is 765 g/mol. The van der Waals surface area contributed by atoms with Crippen LogP contribution < -0.4 is 0 Å². The molecule has 0 spiro atoms. The van der Waals surface area contributed by atoms with Crippen molar-refractivity contribution < 1.29 is 23.8 Å². The van der Waals surface area contributed by atoms with Gasteiger partial charge in [-0.15, -0.1) is 0 Å². The third-order valence-corrected chi connectivity index (χ3v) is 12.2. The lowest BCUT2D eigenvalue weighted by Crippen LogP contribution is -2.30.